The molecule has 5 nitrogen and oxygen atoms in total. The van der Waals surface area contributed by atoms with Gasteiger partial charge in [-0.1, -0.05) is 0 Å². The van der Waals surface area contributed by atoms with Gasteiger partial charge in [-0.15, -0.1) is 0 Å². The molecule has 6 heteroatoms. The molecule has 1 heterocycles. The molecule has 0 radical (unpaired) electrons. The Kier molecular flexibility index (Phi) is 7.14. The minimum Gasteiger partial charge on any atom is -0.381 e. The smallest absolute Gasteiger partial charge is 0.216 e. The van der Waals surface area contributed by atoms with E-state index in [1.165, 1.54) is 4.31 Å². The lowest BCUT2D eigenvalue weighted by atomic mass is 9.95. The number of nitrogens with one attached hydrogen (secondary N) is 1. The van der Waals surface area contributed by atoms with Crippen LogP contribution in [-0.4, -0.2) is 58.4 Å². The van der Waals surface area contributed by atoms with Crippen LogP contribution in [0.4, 0.5) is 0 Å². The molecule has 1 saturated heterocycles. The molecule has 1 aliphatic heterocycles. The van der Waals surface area contributed by atoms with E-state index in [-0.39, 0.29) is 12.4 Å². The summed E-state index contributed by atoms with van der Waals surface area (Å²) in [5, 5.41) is 3.32. The summed E-state index contributed by atoms with van der Waals surface area (Å²) in [6.45, 7) is 5.47. The fraction of sp³-hybridized carbons (Fsp3) is 1.00. The number of ether oxygens (including phenoxy) is 1. The van der Waals surface area contributed by atoms with E-state index >= 15 is 0 Å². The molecule has 18 heavy (non-hydrogen) atoms. The van der Waals surface area contributed by atoms with Crippen molar-refractivity contribution < 1.29 is 13.2 Å². The first-order valence-electron chi connectivity index (χ1n) is 6.78. The fourth-order valence-electron chi connectivity index (χ4n) is 2.14. The summed E-state index contributed by atoms with van der Waals surface area (Å²) < 4.78 is 30.4. The number of nitrogens with zero attached hydrogens (tertiary/aromatic N) is 1. The Labute approximate surface area is 111 Å². The molecule has 0 saturated carbocycles. The van der Waals surface area contributed by atoms with E-state index in [4.69, 9.17) is 4.74 Å². The molecule has 0 amide bonds. The molecule has 0 aromatic heterocycles. The Bertz CT molecular complexity index is 313. The highest BCUT2D eigenvalue weighted by Crippen LogP contribution is 2.16. The van der Waals surface area contributed by atoms with Crippen molar-refractivity contribution in [2.45, 2.75) is 26.2 Å². The number of hydrogen-bond acceptors (Lipinski definition) is 4. The van der Waals surface area contributed by atoms with Crippen molar-refractivity contribution in [3.63, 3.8) is 0 Å². The average Bonchev–Trinajstić information content (AvgIpc) is 2.37. The van der Waals surface area contributed by atoms with Gasteiger partial charge in [-0.3, -0.25) is 0 Å². The minimum absolute atomic E-state index is 0.0869. The van der Waals surface area contributed by atoms with Crippen LogP contribution < -0.4 is 5.32 Å². The lowest BCUT2D eigenvalue weighted by Crippen LogP contribution is -2.34. The molecule has 0 aliphatic carbocycles. The summed E-state index contributed by atoms with van der Waals surface area (Å²) in [7, 11) is -1.47. The number of rotatable bonds is 8. The number of piperidine rings is 1. The maximum Gasteiger partial charge on any atom is 0.216 e. The van der Waals surface area contributed by atoms with Crippen LogP contribution in [0.5, 0.6) is 0 Å². The summed E-state index contributed by atoms with van der Waals surface area (Å²) in [5.41, 5.74) is 0. The third-order valence-electron chi connectivity index (χ3n) is 3.48. The van der Waals surface area contributed by atoms with Crippen molar-refractivity contribution in [2.75, 3.05) is 45.6 Å². The topological polar surface area (TPSA) is 58.6 Å². The van der Waals surface area contributed by atoms with Gasteiger partial charge in [0, 0.05) is 20.2 Å². The third kappa shape index (κ3) is 5.65. The second-order valence-electron chi connectivity index (χ2n) is 4.82. The van der Waals surface area contributed by atoms with E-state index in [9.17, 15) is 8.42 Å². The largest absolute Gasteiger partial charge is 0.381 e. The highest BCUT2D eigenvalue weighted by molar-refractivity contribution is 7.89. The third-order valence-corrected chi connectivity index (χ3v) is 5.29. The van der Waals surface area contributed by atoms with Gasteiger partial charge in [-0.05, 0) is 45.2 Å². The molecule has 1 aliphatic rings. The van der Waals surface area contributed by atoms with Crippen LogP contribution in [-0.2, 0) is 14.8 Å². The van der Waals surface area contributed by atoms with Gasteiger partial charge in [0.1, 0.15) is 0 Å². The van der Waals surface area contributed by atoms with Crippen molar-refractivity contribution in [1.82, 2.24) is 9.62 Å². The minimum atomic E-state index is -3.14. The van der Waals surface area contributed by atoms with Crippen molar-refractivity contribution in [3.05, 3.63) is 0 Å². The van der Waals surface area contributed by atoms with Gasteiger partial charge in [0.15, 0.2) is 0 Å². The van der Waals surface area contributed by atoms with Gasteiger partial charge >= 0.3 is 0 Å². The zero-order chi connectivity index (χ0) is 13.4. The first-order chi connectivity index (χ1) is 8.56. The van der Waals surface area contributed by atoms with Crippen LogP contribution in [0.1, 0.15) is 26.2 Å². The second kappa shape index (κ2) is 8.09. The maximum atomic E-state index is 11.9. The van der Waals surface area contributed by atoms with Crippen LogP contribution >= 0.6 is 0 Å². The van der Waals surface area contributed by atoms with E-state index in [2.05, 4.69) is 5.32 Å². The molecule has 1 rings (SSSR count). The Hall–Kier alpha value is -0.170. The van der Waals surface area contributed by atoms with Crippen molar-refractivity contribution >= 4 is 10.0 Å². The van der Waals surface area contributed by atoms with Crippen LogP contribution in [0.2, 0.25) is 0 Å². The average molecular weight is 278 g/mol. The first-order valence-corrected chi connectivity index (χ1v) is 8.39. The van der Waals surface area contributed by atoms with Crippen LogP contribution in [0.3, 0.4) is 0 Å². The molecule has 0 bridgehead atoms. The Morgan fingerprint density at radius 2 is 2.00 bits per heavy atom. The van der Waals surface area contributed by atoms with Gasteiger partial charge in [0.25, 0.3) is 0 Å². The van der Waals surface area contributed by atoms with Crippen molar-refractivity contribution in [3.8, 4) is 0 Å². The number of hydrogen-bond donors (Lipinski definition) is 1. The molecule has 0 aromatic rings. The maximum absolute atomic E-state index is 11.9. The lowest BCUT2D eigenvalue weighted by Gasteiger charge is -2.25. The lowest BCUT2D eigenvalue weighted by molar-refractivity contribution is 0.162. The van der Waals surface area contributed by atoms with Gasteiger partial charge in [-0.2, -0.15) is 0 Å². The number of sulfonamides is 1. The van der Waals surface area contributed by atoms with Crippen LogP contribution in [0, 0.1) is 5.92 Å². The molecule has 0 aromatic carbocycles. The van der Waals surface area contributed by atoms with Gasteiger partial charge in [-0.25, -0.2) is 12.7 Å². The molecule has 108 valence electrons. The van der Waals surface area contributed by atoms with E-state index in [1.807, 2.05) is 6.92 Å². The SMILES string of the molecule is CCOCCS(=O)(=O)N(C)CCC1CCNCC1. The second-order valence-corrected chi connectivity index (χ2v) is 7.01. The van der Waals surface area contributed by atoms with E-state index < -0.39 is 10.0 Å². The summed E-state index contributed by atoms with van der Waals surface area (Å²) >= 11 is 0. The van der Waals surface area contributed by atoms with Gasteiger partial charge in [0.2, 0.25) is 10.0 Å². The monoisotopic (exact) mass is 278 g/mol. The molecule has 0 spiro atoms. The Morgan fingerprint density at radius 1 is 1.33 bits per heavy atom. The predicted molar refractivity (Wildman–Crippen MR) is 73.1 cm³/mol. The summed E-state index contributed by atoms with van der Waals surface area (Å²) in [6, 6.07) is 0. The van der Waals surface area contributed by atoms with E-state index in [0.717, 1.165) is 32.4 Å². The molecular formula is C12H26N2O3S. The Morgan fingerprint density at radius 3 is 2.61 bits per heavy atom. The standard InChI is InChI=1S/C12H26N2O3S/c1-3-17-10-11-18(15,16)14(2)9-6-12-4-7-13-8-5-12/h12-13H,3-11H2,1-2H3. The quantitative estimate of drug-likeness (QED) is 0.663. The highest BCUT2D eigenvalue weighted by Gasteiger charge is 2.20. The molecule has 0 unspecified atom stereocenters. The van der Waals surface area contributed by atoms with Gasteiger partial charge < -0.3 is 10.1 Å². The van der Waals surface area contributed by atoms with Crippen LogP contribution in [0.25, 0.3) is 0 Å². The molecule has 1 N–H and O–H groups in total. The van der Waals surface area contributed by atoms with Crippen molar-refractivity contribution in [1.29, 1.82) is 0 Å². The summed E-state index contributed by atoms with van der Waals surface area (Å²) in [6.07, 6.45) is 3.28. The highest BCUT2D eigenvalue weighted by atomic mass is 32.2. The molecule has 1 fully saturated rings. The fourth-order valence-corrected chi connectivity index (χ4v) is 3.16. The summed E-state index contributed by atoms with van der Waals surface area (Å²) in [4.78, 5) is 0. The first kappa shape index (κ1) is 15.9. The predicted octanol–water partition coefficient (Wildman–Crippen LogP) is 0.674. The molecule has 0 atom stereocenters. The van der Waals surface area contributed by atoms with E-state index in [1.54, 1.807) is 7.05 Å². The van der Waals surface area contributed by atoms with Gasteiger partial charge in [0.05, 0.1) is 12.4 Å². The van der Waals surface area contributed by atoms with E-state index in [0.29, 0.717) is 19.1 Å². The normalized spacial score (nSPS) is 18.4. The van der Waals surface area contributed by atoms with Crippen molar-refractivity contribution in [2.24, 2.45) is 5.92 Å². The summed E-state index contributed by atoms with van der Waals surface area (Å²) in [5.74, 6) is 0.750. The zero-order valence-electron chi connectivity index (χ0n) is 11.5. The van der Waals surface area contributed by atoms with Crippen LogP contribution in [0.15, 0.2) is 0 Å². The molecular weight excluding hydrogens is 252 g/mol. The zero-order valence-corrected chi connectivity index (χ0v) is 12.3. The Balaban J connectivity index is 2.27.